The lowest BCUT2D eigenvalue weighted by atomic mass is 10.00. The average Bonchev–Trinajstić information content (AvgIpc) is 2.27. The topological polar surface area (TPSA) is 72.2 Å². The van der Waals surface area contributed by atoms with E-state index in [0.717, 1.165) is 5.56 Å². The molecule has 0 fully saturated rings. The highest BCUT2D eigenvalue weighted by Crippen LogP contribution is 2.22. The zero-order chi connectivity index (χ0) is 14.8. The van der Waals surface area contributed by atoms with Gasteiger partial charge >= 0.3 is 0 Å². The number of alkyl halides is 1. The van der Waals surface area contributed by atoms with E-state index in [-0.39, 0.29) is 16.6 Å². The number of carbonyl (C=O) groups is 1. The van der Waals surface area contributed by atoms with Crippen LogP contribution >= 0.6 is 11.6 Å². The number of nitrogens with one attached hydrogen (secondary N) is 1. The molecule has 1 atom stereocenters. The molecule has 1 rings (SSSR count). The largest absolute Gasteiger partial charge is 0.345 e. The van der Waals surface area contributed by atoms with E-state index in [9.17, 15) is 14.9 Å². The molecule has 0 heterocycles. The summed E-state index contributed by atoms with van der Waals surface area (Å²) in [6.45, 7) is 7.07. The molecule has 0 aliphatic rings. The highest BCUT2D eigenvalue weighted by Gasteiger charge is 2.29. The van der Waals surface area contributed by atoms with Gasteiger partial charge in [-0.15, -0.1) is 11.6 Å². The molecule has 5 nitrogen and oxygen atoms in total. The third-order valence-electron chi connectivity index (χ3n) is 3.02. The van der Waals surface area contributed by atoms with Gasteiger partial charge in [0.2, 0.25) is 0 Å². The molecule has 19 heavy (non-hydrogen) atoms. The number of nitro benzene ring substituents is 1. The van der Waals surface area contributed by atoms with E-state index < -0.39 is 16.4 Å². The Hall–Kier alpha value is -1.62. The molecule has 104 valence electrons. The number of hydrogen-bond acceptors (Lipinski definition) is 3. The smallest absolute Gasteiger partial charge is 0.282 e. The zero-order valence-corrected chi connectivity index (χ0v) is 12.1. The molecular weight excluding hydrogens is 268 g/mol. The predicted octanol–water partition coefficient (Wildman–Crippen LogP) is 3.04. The van der Waals surface area contributed by atoms with Gasteiger partial charge in [0.15, 0.2) is 0 Å². The Kier molecular flexibility index (Phi) is 4.52. The number of aryl methyl sites for hydroxylation is 1. The van der Waals surface area contributed by atoms with E-state index >= 15 is 0 Å². The van der Waals surface area contributed by atoms with Crippen molar-refractivity contribution in [3.05, 3.63) is 39.4 Å². The Morgan fingerprint density at radius 1 is 1.47 bits per heavy atom. The van der Waals surface area contributed by atoms with E-state index in [1.54, 1.807) is 33.8 Å². The molecule has 6 heteroatoms. The van der Waals surface area contributed by atoms with Gasteiger partial charge in [0, 0.05) is 6.07 Å². The summed E-state index contributed by atoms with van der Waals surface area (Å²) in [5, 5.41) is 13.4. The van der Waals surface area contributed by atoms with E-state index in [4.69, 9.17) is 11.6 Å². The molecule has 0 radical (unpaired) electrons. The van der Waals surface area contributed by atoms with Crippen LogP contribution in [-0.2, 0) is 0 Å². The Labute approximate surface area is 117 Å². The van der Waals surface area contributed by atoms with Gasteiger partial charge in [-0.1, -0.05) is 6.07 Å². The van der Waals surface area contributed by atoms with Crippen LogP contribution in [0.4, 0.5) is 5.69 Å². The molecule has 1 amide bonds. The molecule has 0 aliphatic heterocycles. The predicted molar refractivity (Wildman–Crippen MR) is 74.7 cm³/mol. The van der Waals surface area contributed by atoms with Crippen LogP contribution in [-0.4, -0.2) is 21.7 Å². The van der Waals surface area contributed by atoms with Gasteiger partial charge in [-0.3, -0.25) is 14.9 Å². The fourth-order valence-corrected chi connectivity index (χ4v) is 1.50. The number of rotatable bonds is 4. The van der Waals surface area contributed by atoms with Crippen molar-refractivity contribution in [1.29, 1.82) is 0 Å². The summed E-state index contributed by atoms with van der Waals surface area (Å²) in [4.78, 5) is 22.5. The summed E-state index contributed by atoms with van der Waals surface area (Å²) < 4.78 is 0. The number of halogens is 1. The fourth-order valence-electron chi connectivity index (χ4n) is 1.45. The second kappa shape index (κ2) is 5.57. The first-order valence-corrected chi connectivity index (χ1v) is 6.30. The van der Waals surface area contributed by atoms with Crippen LogP contribution < -0.4 is 5.32 Å². The number of nitro groups is 1. The van der Waals surface area contributed by atoms with Crippen molar-refractivity contribution in [2.24, 2.45) is 0 Å². The zero-order valence-electron chi connectivity index (χ0n) is 11.4. The van der Waals surface area contributed by atoms with Crippen LogP contribution in [0.1, 0.15) is 36.7 Å². The summed E-state index contributed by atoms with van der Waals surface area (Å²) in [5.74, 6) is -0.493. The second-order valence-corrected chi connectivity index (χ2v) is 5.72. The van der Waals surface area contributed by atoms with Crippen molar-refractivity contribution in [1.82, 2.24) is 5.32 Å². The van der Waals surface area contributed by atoms with Crippen molar-refractivity contribution < 1.29 is 9.72 Å². The number of nitrogens with zero attached hydrogens (tertiary/aromatic N) is 1. The molecule has 0 saturated carbocycles. The second-order valence-electron chi connectivity index (χ2n) is 5.07. The first-order chi connectivity index (χ1) is 8.65. The van der Waals surface area contributed by atoms with Crippen molar-refractivity contribution in [2.75, 3.05) is 0 Å². The molecule has 0 bridgehead atoms. The lowest BCUT2D eigenvalue weighted by Gasteiger charge is -2.28. The maximum Gasteiger partial charge on any atom is 0.282 e. The Balaban J connectivity index is 3.13. The molecule has 0 aromatic heterocycles. The van der Waals surface area contributed by atoms with E-state index in [2.05, 4.69) is 5.32 Å². The van der Waals surface area contributed by atoms with Crippen LogP contribution in [0.5, 0.6) is 0 Å². The quantitative estimate of drug-likeness (QED) is 0.525. The number of carbonyl (C=O) groups excluding carboxylic acids is 1. The monoisotopic (exact) mass is 284 g/mol. The molecule has 1 aromatic rings. The molecule has 0 saturated heterocycles. The fraction of sp³-hybridized carbons (Fsp3) is 0.462. The maximum atomic E-state index is 12.2. The number of hydrogen-bond donors (Lipinski definition) is 1. The Morgan fingerprint density at radius 3 is 2.53 bits per heavy atom. The lowest BCUT2D eigenvalue weighted by molar-refractivity contribution is -0.385. The summed E-state index contributed by atoms with van der Waals surface area (Å²) in [5.41, 5.74) is -0.0278. The normalized spacial score (nSPS) is 12.9. The maximum absolute atomic E-state index is 12.2. The molecule has 0 spiro atoms. The number of benzene rings is 1. The van der Waals surface area contributed by atoms with Gasteiger partial charge < -0.3 is 5.32 Å². The van der Waals surface area contributed by atoms with Gasteiger partial charge in [-0.2, -0.15) is 0 Å². The van der Waals surface area contributed by atoms with Crippen LogP contribution in [0.2, 0.25) is 0 Å². The van der Waals surface area contributed by atoms with E-state index in [0.29, 0.717) is 0 Å². The third-order valence-corrected chi connectivity index (χ3v) is 3.57. The van der Waals surface area contributed by atoms with Crippen LogP contribution in [0.15, 0.2) is 18.2 Å². The van der Waals surface area contributed by atoms with Crippen LogP contribution in [0, 0.1) is 17.0 Å². The molecular formula is C13H17ClN2O3. The van der Waals surface area contributed by atoms with Gasteiger partial charge in [-0.25, -0.2) is 0 Å². The minimum atomic E-state index is -0.656. The van der Waals surface area contributed by atoms with Crippen LogP contribution in [0.3, 0.4) is 0 Å². The Morgan fingerprint density at radius 2 is 2.05 bits per heavy atom. The Bertz CT molecular complexity index is 513. The first kappa shape index (κ1) is 15.4. The standard InChI is InChI=1S/C13H17ClN2O3/c1-8-5-6-11(16(18)19)10(7-8)12(17)15-13(3,4)9(2)14/h5-7,9H,1-4H3,(H,15,17). The summed E-state index contributed by atoms with van der Waals surface area (Å²) >= 11 is 5.99. The van der Waals surface area contributed by atoms with Gasteiger partial charge in [0.05, 0.1) is 15.8 Å². The van der Waals surface area contributed by atoms with Gasteiger partial charge in [0.1, 0.15) is 5.56 Å². The van der Waals surface area contributed by atoms with E-state index in [1.807, 2.05) is 0 Å². The first-order valence-electron chi connectivity index (χ1n) is 5.87. The molecule has 0 aliphatic carbocycles. The van der Waals surface area contributed by atoms with Crippen molar-refractivity contribution in [3.8, 4) is 0 Å². The van der Waals surface area contributed by atoms with Crippen molar-refractivity contribution in [3.63, 3.8) is 0 Å². The summed E-state index contributed by atoms with van der Waals surface area (Å²) in [6.07, 6.45) is 0. The van der Waals surface area contributed by atoms with Crippen molar-refractivity contribution >= 4 is 23.2 Å². The summed E-state index contributed by atoms with van der Waals surface area (Å²) in [6, 6.07) is 4.44. The van der Waals surface area contributed by atoms with E-state index in [1.165, 1.54) is 12.1 Å². The van der Waals surface area contributed by atoms with Gasteiger partial charge in [0.25, 0.3) is 11.6 Å². The highest BCUT2D eigenvalue weighted by molar-refractivity contribution is 6.21. The minimum absolute atomic E-state index is 0.0513. The molecule has 1 unspecified atom stereocenters. The minimum Gasteiger partial charge on any atom is -0.345 e. The average molecular weight is 285 g/mol. The van der Waals surface area contributed by atoms with Crippen LogP contribution in [0.25, 0.3) is 0 Å². The summed E-state index contributed by atoms with van der Waals surface area (Å²) in [7, 11) is 0. The molecule has 1 aromatic carbocycles. The van der Waals surface area contributed by atoms with Gasteiger partial charge in [-0.05, 0) is 39.3 Å². The lowest BCUT2D eigenvalue weighted by Crippen LogP contribution is -2.49. The third kappa shape index (κ3) is 3.67. The highest BCUT2D eigenvalue weighted by atomic mass is 35.5. The van der Waals surface area contributed by atoms with Crippen molar-refractivity contribution in [2.45, 2.75) is 38.6 Å². The SMILES string of the molecule is Cc1ccc([N+](=O)[O-])c(C(=O)NC(C)(C)C(C)Cl)c1. The molecule has 1 N–H and O–H groups in total. The number of amides is 1.